The van der Waals surface area contributed by atoms with E-state index in [-0.39, 0.29) is 6.42 Å². The normalized spacial score (nSPS) is 22.4. The van der Waals surface area contributed by atoms with E-state index < -0.39 is 70.7 Å². The van der Waals surface area contributed by atoms with Crippen LogP contribution in [-0.2, 0) is 13.6 Å². The zero-order valence-corrected chi connectivity index (χ0v) is 17.2. The molecule has 0 radical (unpaired) electrons. The van der Waals surface area contributed by atoms with Crippen molar-refractivity contribution in [2.24, 2.45) is 0 Å². The topological polar surface area (TPSA) is 46.2 Å². The van der Waals surface area contributed by atoms with Gasteiger partial charge >= 0.3 is 177 Å². The first kappa shape index (κ1) is 23.5. The standard InChI is InChI=1S/C12H6Cl4F7O5P/c13-4-5(14)7(16)9-8(6(4)15)26-29(27-9,24-2-1-3-25-29)28-10(17,11(18,19)20)12(21,22)23/h1-3H2. The van der Waals surface area contributed by atoms with Crippen LogP contribution in [0.4, 0.5) is 30.7 Å². The SMILES string of the molecule is FC(F)(F)C(F)(OP12(OCCCO1)Oc1c(Cl)c(Cl)c(Cl)c(Cl)c1O2)C(F)(F)F. The van der Waals surface area contributed by atoms with Crippen molar-refractivity contribution in [2.45, 2.75) is 24.6 Å². The van der Waals surface area contributed by atoms with E-state index in [0.29, 0.717) is 0 Å². The molecule has 1 aromatic carbocycles. The number of rotatable bonds is 2. The van der Waals surface area contributed by atoms with Crippen LogP contribution < -0.4 is 9.05 Å². The Bertz CT molecular complexity index is 804. The molecule has 0 aromatic heterocycles. The van der Waals surface area contributed by atoms with Gasteiger partial charge in [-0.25, -0.2) is 0 Å². The van der Waals surface area contributed by atoms with Gasteiger partial charge in [0.25, 0.3) is 0 Å². The van der Waals surface area contributed by atoms with E-state index in [9.17, 15) is 30.7 Å². The van der Waals surface area contributed by atoms with Crippen LogP contribution in [-0.4, -0.2) is 31.4 Å². The van der Waals surface area contributed by atoms with Crippen molar-refractivity contribution in [3.8, 4) is 11.5 Å². The van der Waals surface area contributed by atoms with Crippen LogP contribution in [0.5, 0.6) is 11.5 Å². The molecule has 1 saturated heterocycles. The summed E-state index contributed by atoms with van der Waals surface area (Å²) >= 11 is 23.3. The predicted octanol–water partition coefficient (Wildman–Crippen LogP) is 7.44. The second-order valence-electron chi connectivity index (χ2n) is 5.54. The monoisotopic (exact) mass is 534 g/mol. The third-order valence-corrected chi connectivity index (χ3v) is 8.05. The van der Waals surface area contributed by atoms with E-state index in [1.54, 1.807) is 0 Å². The van der Waals surface area contributed by atoms with Gasteiger partial charge in [-0.05, 0) is 0 Å². The summed E-state index contributed by atoms with van der Waals surface area (Å²) in [5.41, 5.74) is 0. The molecular formula is C12H6Cl4F7O5P. The van der Waals surface area contributed by atoms with E-state index in [0.717, 1.165) is 0 Å². The molecule has 2 aliphatic heterocycles. The molecule has 1 fully saturated rings. The number of hydrogen-bond acceptors (Lipinski definition) is 5. The van der Waals surface area contributed by atoms with E-state index in [2.05, 4.69) is 4.52 Å². The van der Waals surface area contributed by atoms with Crippen LogP contribution >= 0.6 is 54.1 Å². The minimum absolute atomic E-state index is 0.0232. The van der Waals surface area contributed by atoms with Crippen molar-refractivity contribution in [1.29, 1.82) is 0 Å². The number of halogens is 11. The Morgan fingerprint density at radius 1 is 0.690 bits per heavy atom. The van der Waals surface area contributed by atoms with Gasteiger partial charge in [-0.3, -0.25) is 0 Å². The molecule has 1 aromatic rings. The summed E-state index contributed by atoms with van der Waals surface area (Å²) < 4.78 is 116. The average Bonchev–Trinajstić information content (AvgIpc) is 2.92. The summed E-state index contributed by atoms with van der Waals surface area (Å²) in [7, 11) is -6.44. The molecule has 0 bridgehead atoms. The molecule has 0 N–H and O–H groups in total. The van der Waals surface area contributed by atoms with Crippen molar-refractivity contribution in [2.75, 3.05) is 13.2 Å². The minimum atomic E-state index is -6.63. The van der Waals surface area contributed by atoms with Crippen molar-refractivity contribution in [3.63, 3.8) is 0 Å². The molecule has 0 saturated carbocycles. The Labute approximate surface area is 177 Å². The van der Waals surface area contributed by atoms with Gasteiger partial charge in [0.15, 0.2) is 0 Å². The maximum atomic E-state index is 14.4. The van der Waals surface area contributed by atoms with Gasteiger partial charge in [0.05, 0.1) is 0 Å². The van der Waals surface area contributed by atoms with Gasteiger partial charge in [0, 0.05) is 0 Å². The van der Waals surface area contributed by atoms with Crippen LogP contribution in [0.1, 0.15) is 6.42 Å². The molecule has 5 nitrogen and oxygen atoms in total. The molecule has 0 amide bonds. The van der Waals surface area contributed by atoms with Crippen LogP contribution in [0.3, 0.4) is 0 Å². The summed E-state index contributed by atoms with van der Waals surface area (Å²) in [4.78, 5) is 0. The molecule has 0 aliphatic carbocycles. The van der Waals surface area contributed by atoms with E-state index >= 15 is 0 Å². The summed E-state index contributed by atoms with van der Waals surface area (Å²) in [6.45, 7) is -1.15. The van der Waals surface area contributed by atoms with Crippen LogP contribution in [0.2, 0.25) is 20.1 Å². The molecule has 0 unspecified atom stereocenters. The molecule has 0 atom stereocenters. The Morgan fingerprint density at radius 2 is 1.07 bits per heavy atom. The summed E-state index contributed by atoms with van der Waals surface area (Å²) in [5.74, 6) is -7.89. The molecular weight excluding hydrogens is 530 g/mol. The first-order chi connectivity index (χ1) is 13.1. The second kappa shape index (κ2) is 6.90. The molecule has 29 heavy (non-hydrogen) atoms. The number of alkyl halides is 7. The van der Waals surface area contributed by atoms with Crippen molar-refractivity contribution < 1.29 is 53.4 Å². The Kier molecular flexibility index (Phi) is 5.58. The quantitative estimate of drug-likeness (QED) is 0.170. The molecule has 2 heterocycles. The summed E-state index contributed by atoms with van der Waals surface area (Å²) in [5, 5.41) is -2.20. The fraction of sp³-hybridized carbons (Fsp3) is 0.500. The Balaban J connectivity index is 2.21. The fourth-order valence-electron chi connectivity index (χ4n) is 2.26. The third-order valence-electron chi connectivity index (χ3n) is 3.56. The van der Waals surface area contributed by atoms with Crippen molar-refractivity contribution in [1.82, 2.24) is 0 Å². The van der Waals surface area contributed by atoms with Gasteiger partial charge in [-0.15, -0.1) is 0 Å². The van der Waals surface area contributed by atoms with Crippen molar-refractivity contribution in [3.05, 3.63) is 20.1 Å². The fourth-order valence-corrected chi connectivity index (χ4v) is 6.18. The second-order valence-corrected chi connectivity index (χ2v) is 9.61. The van der Waals surface area contributed by atoms with Crippen molar-refractivity contribution >= 4 is 54.1 Å². The molecule has 2 aliphatic rings. The molecule has 166 valence electrons. The first-order valence-electron chi connectivity index (χ1n) is 7.18. The van der Waals surface area contributed by atoms with Gasteiger partial charge in [-0.2, -0.15) is 0 Å². The number of fused-ring (bicyclic) bond motifs is 1. The average molecular weight is 536 g/mol. The zero-order chi connectivity index (χ0) is 22.1. The number of hydrogen-bond donors (Lipinski definition) is 0. The Hall–Kier alpha value is -0.200. The predicted molar refractivity (Wildman–Crippen MR) is 88.2 cm³/mol. The third kappa shape index (κ3) is 3.49. The Morgan fingerprint density at radius 3 is 1.41 bits per heavy atom. The summed E-state index contributed by atoms with van der Waals surface area (Å²) in [6.07, 6.45) is -13.3. The molecule has 17 heteroatoms. The zero-order valence-electron chi connectivity index (χ0n) is 13.3. The maximum absolute atomic E-state index is 14.4. The summed E-state index contributed by atoms with van der Waals surface area (Å²) in [6, 6.07) is 0. The van der Waals surface area contributed by atoms with Crippen LogP contribution in [0, 0.1) is 0 Å². The first-order valence-corrected chi connectivity index (χ1v) is 10.5. The van der Waals surface area contributed by atoms with Crippen LogP contribution in [0.15, 0.2) is 0 Å². The van der Waals surface area contributed by atoms with E-state index in [4.69, 9.17) is 64.5 Å². The molecule has 1 spiro atoms. The molecule has 3 rings (SSSR count). The van der Waals surface area contributed by atoms with Gasteiger partial charge in [0.1, 0.15) is 0 Å². The van der Waals surface area contributed by atoms with Gasteiger partial charge in [0.2, 0.25) is 0 Å². The van der Waals surface area contributed by atoms with Crippen LogP contribution in [0.25, 0.3) is 0 Å². The van der Waals surface area contributed by atoms with Gasteiger partial charge < -0.3 is 0 Å². The number of benzene rings is 1. The van der Waals surface area contributed by atoms with E-state index in [1.807, 2.05) is 0 Å². The van der Waals surface area contributed by atoms with Gasteiger partial charge in [-0.1, -0.05) is 0 Å². The van der Waals surface area contributed by atoms with E-state index in [1.165, 1.54) is 0 Å².